The Balaban J connectivity index is 0.000000211. The molecule has 20 nitrogen and oxygen atoms in total. The summed E-state index contributed by atoms with van der Waals surface area (Å²) >= 11 is 26.8. The van der Waals surface area contributed by atoms with E-state index in [0.29, 0.717) is 128 Å². The van der Waals surface area contributed by atoms with Gasteiger partial charge in [-0.15, -0.1) is 0 Å². The molecule has 3 aliphatic heterocycles. The Labute approximate surface area is 458 Å². The summed E-state index contributed by atoms with van der Waals surface area (Å²) in [5.41, 5.74) is 6.15. The Bertz CT molecular complexity index is 3390. The van der Waals surface area contributed by atoms with E-state index in [1.165, 1.54) is 28.4 Å². The Kier molecular flexibility index (Phi) is 17.9. The lowest BCUT2D eigenvalue weighted by atomic mass is 10.1. The molecule has 2 saturated heterocycles. The molecule has 0 radical (unpaired) electrons. The molecule has 8 heterocycles. The number of anilines is 1. The summed E-state index contributed by atoms with van der Waals surface area (Å²) in [6.45, 7) is 0.873. The first-order valence-electron chi connectivity index (χ1n) is 22.6. The second-order valence-corrected chi connectivity index (χ2v) is 18.5. The van der Waals surface area contributed by atoms with E-state index in [4.69, 9.17) is 85.3 Å². The number of ether oxygens (including phenoxy) is 4. The zero-order valence-electron chi connectivity index (χ0n) is 40.9. The van der Waals surface area contributed by atoms with Crippen molar-refractivity contribution < 1.29 is 28.5 Å². The highest BCUT2D eigenvalue weighted by atomic mass is 35.5. The highest BCUT2D eigenvalue weighted by molar-refractivity contribution is 7.59. The van der Waals surface area contributed by atoms with E-state index in [1.807, 2.05) is 54.2 Å². The summed E-state index contributed by atoms with van der Waals surface area (Å²) in [7, 11) is 9.77. The smallest absolute Gasteiger partial charge is 0.220 e. The SMILES string of the molecule is COc1cc(OC)c(Cl)c(N(CC2CCC(=O)N2)C2CC=c3ncc(-c4cnn(C)c4)nc3=N2)c1Cl.COc1cc(OC)c(Cl)c(N=c2ccc3ncc(-c4cnn(C)c4)nc3n2CC2CCC(=O)N2)c1Cl.S.S. The van der Waals surface area contributed by atoms with Crippen molar-refractivity contribution in [3.63, 3.8) is 0 Å². The van der Waals surface area contributed by atoms with Crippen LogP contribution in [-0.2, 0) is 30.2 Å². The molecule has 2 amide bonds. The molecule has 390 valence electrons. The number of aromatic nitrogens is 9. The number of aryl methyl sites for hydroxylation is 2. The molecule has 7 aromatic rings. The van der Waals surface area contributed by atoms with Crippen molar-refractivity contribution in [3.05, 3.63) is 97.9 Å². The number of nitrogens with zero attached hydrogens (tertiary/aromatic N) is 12. The number of halogens is 4. The molecule has 3 unspecified atom stereocenters. The van der Waals surface area contributed by atoms with E-state index in [0.717, 1.165) is 11.1 Å². The summed E-state index contributed by atoms with van der Waals surface area (Å²) in [6, 6.07) is 6.72. The number of rotatable bonds is 13. The van der Waals surface area contributed by atoms with Crippen LogP contribution in [0.15, 0.2) is 71.4 Å². The van der Waals surface area contributed by atoms with Crippen molar-refractivity contribution in [2.24, 2.45) is 24.1 Å². The Morgan fingerprint density at radius 2 is 1.26 bits per heavy atom. The molecule has 0 saturated carbocycles. The average molecular weight is 1130 g/mol. The zero-order chi connectivity index (χ0) is 50.8. The molecule has 0 bridgehead atoms. The minimum atomic E-state index is -0.403. The summed E-state index contributed by atoms with van der Waals surface area (Å²) < 4.78 is 27.1. The van der Waals surface area contributed by atoms with E-state index >= 15 is 0 Å². The average Bonchev–Trinajstić information content (AvgIpc) is 4.22. The van der Waals surface area contributed by atoms with E-state index in [9.17, 15) is 9.59 Å². The van der Waals surface area contributed by atoms with Gasteiger partial charge in [0.2, 0.25) is 11.8 Å². The van der Waals surface area contributed by atoms with Crippen molar-refractivity contribution in [2.75, 3.05) is 39.9 Å². The second-order valence-electron chi connectivity index (χ2n) is 17.0. The molecule has 3 aliphatic rings. The van der Waals surface area contributed by atoms with Crippen LogP contribution in [-0.4, -0.2) is 109 Å². The number of carbonyl (C=O) groups is 2. The van der Waals surface area contributed by atoms with Crippen molar-refractivity contribution >= 4 is 114 Å². The maximum Gasteiger partial charge on any atom is 0.220 e. The number of fused-ring (bicyclic) bond motifs is 2. The number of carbonyl (C=O) groups excluding carboxylic acids is 2. The van der Waals surface area contributed by atoms with Gasteiger partial charge in [0.15, 0.2) is 11.1 Å². The molecule has 3 atom stereocenters. The standard InChI is InChI=1S/C24H25Cl2N7O3.C24H23Cl2N7O3.2H2S/c1-32-11-13(9-28-32)16-10-27-15-5-6-19(31-24(15)30-16)33(12-14-4-7-20(34)29-14)23-21(25)17(35-2)8-18(36-3)22(23)26;1-32-11-13(9-28-32)16-10-27-15-5-6-19(33(24(15)30-16)12-14-4-7-20(34)29-14)31-23-21(25)17(35-2)8-18(36-3)22(23)26;;/h5,8-11,14,19H,4,6-7,12H2,1-3H3,(H,29,34);5-6,8-11,14H,4,7,12H2,1-3H3,(H,29,34);2*1H2. The number of nitrogens with one attached hydrogen (secondary N) is 2. The molecule has 2 fully saturated rings. The van der Waals surface area contributed by atoms with Gasteiger partial charge in [-0.2, -0.15) is 37.2 Å². The van der Waals surface area contributed by atoms with Crippen LogP contribution in [0.2, 0.25) is 20.1 Å². The summed E-state index contributed by atoms with van der Waals surface area (Å²) in [5.74, 6) is 1.64. The summed E-state index contributed by atoms with van der Waals surface area (Å²) in [6.07, 6.45) is 15.1. The van der Waals surface area contributed by atoms with Crippen LogP contribution < -0.4 is 50.8 Å². The van der Waals surface area contributed by atoms with Crippen LogP contribution >= 0.6 is 73.4 Å². The monoisotopic (exact) mass is 1120 g/mol. The minimum absolute atomic E-state index is 0. The Hall–Kier alpha value is -6.30. The highest BCUT2D eigenvalue weighted by Crippen LogP contribution is 2.48. The Morgan fingerprint density at radius 1 is 0.716 bits per heavy atom. The number of pyridine rings is 1. The first kappa shape index (κ1) is 55.5. The number of hydrogen-bond acceptors (Lipinski definition) is 15. The fourth-order valence-corrected chi connectivity index (χ4v) is 9.92. The fourth-order valence-electron chi connectivity index (χ4n) is 8.61. The van der Waals surface area contributed by atoms with Crippen molar-refractivity contribution in [3.8, 4) is 45.5 Å². The van der Waals surface area contributed by atoms with Gasteiger partial charge in [0.1, 0.15) is 71.3 Å². The Morgan fingerprint density at radius 3 is 1.78 bits per heavy atom. The minimum Gasteiger partial charge on any atom is -0.495 e. The molecule has 10 rings (SSSR count). The largest absolute Gasteiger partial charge is 0.495 e. The van der Waals surface area contributed by atoms with Gasteiger partial charge in [-0.1, -0.05) is 52.5 Å². The van der Waals surface area contributed by atoms with Crippen LogP contribution in [0.4, 0.5) is 11.4 Å². The van der Waals surface area contributed by atoms with Gasteiger partial charge in [0.25, 0.3) is 0 Å². The zero-order valence-corrected chi connectivity index (χ0v) is 45.9. The predicted octanol–water partition coefficient (Wildman–Crippen LogP) is 6.01. The summed E-state index contributed by atoms with van der Waals surface area (Å²) in [5, 5.41) is 16.4. The lowest BCUT2D eigenvalue weighted by Gasteiger charge is -2.35. The lowest BCUT2D eigenvalue weighted by molar-refractivity contribution is -0.120. The van der Waals surface area contributed by atoms with Gasteiger partial charge >= 0.3 is 0 Å². The number of benzene rings is 2. The number of hydrogen-bond donors (Lipinski definition) is 2. The van der Waals surface area contributed by atoms with Crippen LogP contribution in [0.3, 0.4) is 0 Å². The molecule has 0 spiro atoms. The fraction of sp³-hybridized carbons (Fsp3) is 0.333. The van der Waals surface area contributed by atoms with Crippen LogP contribution in [0.25, 0.3) is 39.8 Å². The maximum absolute atomic E-state index is 11.9. The van der Waals surface area contributed by atoms with E-state index in [1.54, 1.807) is 46.3 Å². The third-order valence-electron chi connectivity index (χ3n) is 12.2. The van der Waals surface area contributed by atoms with Crippen LogP contribution in [0.5, 0.6) is 23.0 Å². The lowest BCUT2D eigenvalue weighted by Crippen LogP contribution is -2.47. The third-order valence-corrected chi connectivity index (χ3v) is 13.7. The number of methoxy groups -OCH3 is 4. The second kappa shape index (κ2) is 23.9. The quantitative estimate of drug-likeness (QED) is 0.136. The molecule has 26 heteroatoms. The van der Waals surface area contributed by atoms with E-state index in [-0.39, 0.29) is 60.9 Å². The number of amides is 2. The van der Waals surface area contributed by atoms with Crippen molar-refractivity contribution in [1.29, 1.82) is 0 Å². The maximum atomic E-state index is 11.9. The molecular formula is C48H52Cl4N14O6S2. The normalized spacial score (nSPS) is 16.8. The van der Waals surface area contributed by atoms with Gasteiger partial charge in [-0.3, -0.25) is 28.9 Å². The molecule has 2 aromatic carbocycles. The van der Waals surface area contributed by atoms with Gasteiger partial charge < -0.3 is 39.0 Å². The van der Waals surface area contributed by atoms with E-state index in [2.05, 4.69) is 30.8 Å². The summed E-state index contributed by atoms with van der Waals surface area (Å²) in [4.78, 5) is 54.4. The molecule has 74 heavy (non-hydrogen) atoms. The van der Waals surface area contributed by atoms with Gasteiger partial charge in [-0.05, 0) is 25.0 Å². The third kappa shape index (κ3) is 11.6. The van der Waals surface area contributed by atoms with Crippen LogP contribution in [0.1, 0.15) is 32.1 Å². The highest BCUT2D eigenvalue weighted by Gasteiger charge is 2.32. The molecule has 2 N–H and O–H groups in total. The van der Waals surface area contributed by atoms with Crippen LogP contribution in [0, 0.1) is 0 Å². The molecular weight excluding hydrogens is 1070 g/mol. The molecule has 0 aliphatic carbocycles. The first-order valence-corrected chi connectivity index (χ1v) is 24.1. The van der Waals surface area contributed by atoms with Crippen molar-refractivity contribution in [1.82, 2.24) is 54.7 Å². The topological polar surface area (TPSA) is 215 Å². The van der Waals surface area contributed by atoms with Gasteiger partial charge in [0.05, 0.1) is 70.3 Å². The predicted molar refractivity (Wildman–Crippen MR) is 292 cm³/mol. The van der Waals surface area contributed by atoms with Gasteiger partial charge in [-0.25, -0.2) is 20.0 Å². The van der Waals surface area contributed by atoms with E-state index < -0.39 is 6.17 Å². The van der Waals surface area contributed by atoms with Gasteiger partial charge in [0, 0.05) is 94.2 Å². The van der Waals surface area contributed by atoms with Crippen molar-refractivity contribution in [2.45, 2.75) is 56.9 Å². The molecule has 5 aromatic heterocycles. The first-order chi connectivity index (χ1) is 34.7.